The molecule has 1 aromatic carbocycles. The van der Waals surface area contributed by atoms with Crippen molar-refractivity contribution in [2.24, 2.45) is 0 Å². The average Bonchev–Trinajstić information content (AvgIpc) is 2.53. The number of rotatable bonds is 6. The Morgan fingerprint density at radius 3 is 2.32 bits per heavy atom. The molecule has 2 rings (SSSR count). The summed E-state index contributed by atoms with van der Waals surface area (Å²) in [4.78, 5) is 1.68. The van der Waals surface area contributed by atoms with Crippen molar-refractivity contribution in [1.82, 2.24) is 4.90 Å². The van der Waals surface area contributed by atoms with Crippen LogP contribution in [0, 0.1) is 5.82 Å². The van der Waals surface area contributed by atoms with Crippen molar-refractivity contribution < 1.29 is 30.7 Å². The highest BCUT2D eigenvalue weighted by Crippen LogP contribution is 2.38. The zero-order chi connectivity index (χ0) is 18.8. The summed E-state index contributed by atoms with van der Waals surface area (Å²) < 4.78 is 82.5. The molecule has 0 aliphatic carbocycles. The van der Waals surface area contributed by atoms with Gasteiger partial charge in [-0.05, 0) is 44.0 Å². The first-order valence-electron chi connectivity index (χ1n) is 8.11. The van der Waals surface area contributed by atoms with Crippen LogP contribution in [0.3, 0.4) is 0 Å². The molecule has 0 bridgehead atoms. The van der Waals surface area contributed by atoms with Gasteiger partial charge in [-0.15, -0.1) is 0 Å². The minimum atomic E-state index is -5.62. The maximum atomic E-state index is 13.9. The number of ether oxygens (including phenoxy) is 1. The van der Waals surface area contributed by atoms with Gasteiger partial charge in [0.2, 0.25) is 5.44 Å². The topological polar surface area (TPSA) is 46.6 Å². The molecule has 1 aliphatic heterocycles. The molecular formula is C16H21F4NO3S. The molecule has 9 heteroatoms. The number of halogens is 4. The molecule has 1 unspecified atom stereocenters. The van der Waals surface area contributed by atoms with Crippen LogP contribution in [-0.2, 0) is 16.3 Å². The van der Waals surface area contributed by atoms with Crippen LogP contribution in [0.4, 0.5) is 17.6 Å². The number of alkyl halides is 3. The summed E-state index contributed by atoms with van der Waals surface area (Å²) in [6, 6.07) is 2.97. The molecule has 0 saturated carbocycles. The minimum absolute atomic E-state index is 0.0208. The number of para-hydroxylation sites is 1. The lowest BCUT2D eigenvalue weighted by Gasteiger charge is -2.40. The summed E-state index contributed by atoms with van der Waals surface area (Å²) in [5.74, 6) is -1.28. The van der Waals surface area contributed by atoms with Crippen LogP contribution in [0.2, 0.25) is 0 Å². The average molecular weight is 383 g/mol. The van der Waals surface area contributed by atoms with Crippen LogP contribution in [-0.4, -0.2) is 43.4 Å². The van der Waals surface area contributed by atoms with Crippen molar-refractivity contribution in [2.45, 2.75) is 50.1 Å². The number of hydrogen-bond donors (Lipinski definition) is 0. The maximum absolute atomic E-state index is 13.9. The monoisotopic (exact) mass is 383 g/mol. The molecule has 0 radical (unpaired) electrons. The van der Waals surface area contributed by atoms with E-state index in [-0.39, 0.29) is 6.42 Å². The van der Waals surface area contributed by atoms with E-state index < -0.39 is 38.4 Å². The van der Waals surface area contributed by atoms with Crippen LogP contribution >= 0.6 is 0 Å². The molecule has 0 aromatic heterocycles. The van der Waals surface area contributed by atoms with E-state index in [0.29, 0.717) is 31.5 Å². The van der Waals surface area contributed by atoms with Gasteiger partial charge in [-0.25, -0.2) is 12.8 Å². The Hall–Kier alpha value is -1.35. The Morgan fingerprint density at radius 2 is 1.80 bits per heavy atom. The van der Waals surface area contributed by atoms with Gasteiger partial charge in [-0.1, -0.05) is 26.0 Å². The van der Waals surface area contributed by atoms with Gasteiger partial charge in [0.15, 0.2) is 11.6 Å². The van der Waals surface area contributed by atoms with Gasteiger partial charge in [0.25, 0.3) is 9.84 Å². The van der Waals surface area contributed by atoms with Crippen molar-refractivity contribution in [2.75, 3.05) is 13.1 Å². The molecule has 0 N–H and O–H groups in total. The first kappa shape index (κ1) is 20.0. The van der Waals surface area contributed by atoms with Crippen LogP contribution in [0.25, 0.3) is 0 Å². The number of fused-ring (bicyclic) bond motifs is 1. The van der Waals surface area contributed by atoms with Crippen molar-refractivity contribution >= 4 is 9.84 Å². The quantitative estimate of drug-likeness (QED) is 0.706. The third-order valence-electron chi connectivity index (χ3n) is 4.14. The Labute approximate surface area is 144 Å². The maximum Gasteiger partial charge on any atom is 0.501 e. The Morgan fingerprint density at radius 1 is 1.20 bits per heavy atom. The summed E-state index contributed by atoms with van der Waals surface area (Å²) in [5.41, 5.74) is -7.28. The van der Waals surface area contributed by atoms with E-state index in [1.165, 1.54) is 12.1 Å². The van der Waals surface area contributed by atoms with E-state index in [2.05, 4.69) is 0 Å². The van der Waals surface area contributed by atoms with E-state index in [4.69, 9.17) is 4.74 Å². The normalized spacial score (nSPS) is 21.1. The third kappa shape index (κ3) is 3.92. The Balaban J connectivity index is 2.52. The lowest BCUT2D eigenvalue weighted by Crippen LogP contribution is -2.56. The number of benzene rings is 1. The smallest absolute Gasteiger partial charge is 0.469 e. The molecule has 1 aliphatic rings. The van der Waals surface area contributed by atoms with E-state index in [0.717, 1.165) is 6.07 Å². The molecule has 4 nitrogen and oxygen atoms in total. The molecule has 0 saturated heterocycles. The molecule has 1 heterocycles. The van der Waals surface area contributed by atoms with E-state index in [1.54, 1.807) is 4.90 Å². The second-order valence-electron chi connectivity index (χ2n) is 6.01. The summed E-state index contributed by atoms with van der Waals surface area (Å²) in [5, 5.41) is 0. The van der Waals surface area contributed by atoms with Crippen molar-refractivity contribution in [3.63, 3.8) is 0 Å². The molecule has 25 heavy (non-hydrogen) atoms. The van der Waals surface area contributed by atoms with Gasteiger partial charge in [-0.3, -0.25) is 4.90 Å². The third-order valence-corrected chi connectivity index (χ3v) is 5.81. The van der Waals surface area contributed by atoms with Gasteiger partial charge < -0.3 is 4.74 Å². The fraction of sp³-hybridized carbons (Fsp3) is 0.625. The van der Waals surface area contributed by atoms with Crippen molar-refractivity contribution in [3.05, 3.63) is 29.6 Å². The summed E-state index contributed by atoms with van der Waals surface area (Å²) in [6.07, 6.45) is 1.27. The predicted molar refractivity (Wildman–Crippen MR) is 85.4 cm³/mol. The first-order chi connectivity index (χ1) is 11.6. The van der Waals surface area contributed by atoms with Gasteiger partial charge in [0.1, 0.15) is 0 Å². The van der Waals surface area contributed by atoms with Gasteiger partial charge in [0.05, 0.1) is 6.04 Å². The molecule has 142 valence electrons. The Bertz CT molecular complexity index is 700. The molecular weight excluding hydrogens is 362 g/mol. The zero-order valence-corrected chi connectivity index (χ0v) is 14.8. The van der Waals surface area contributed by atoms with E-state index in [1.807, 2.05) is 13.8 Å². The summed E-state index contributed by atoms with van der Waals surface area (Å²) in [7, 11) is -5.62. The van der Waals surface area contributed by atoms with Crippen LogP contribution in [0.1, 0.15) is 32.3 Å². The Kier molecular flexibility index (Phi) is 5.98. The van der Waals surface area contributed by atoms with Crippen LogP contribution in [0.5, 0.6) is 5.75 Å². The predicted octanol–water partition coefficient (Wildman–Crippen LogP) is 3.51. The second kappa shape index (κ2) is 7.49. The lowest BCUT2D eigenvalue weighted by atomic mass is 10.0. The molecule has 0 spiro atoms. The fourth-order valence-electron chi connectivity index (χ4n) is 3.08. The van der Waals surface area contributed by atoms with Crippen LogP contribution < -0.4 is 4.74 Å². The SMILES string of the molecule is CCCN(CCC)C1Cc2cccc(F)c2O[C@@H]1S(=O)(=O)C(F)(F)F. The number of hydrogen-bond acceptors (Lipinski definition) is 4. The van der Waals surface area contributed by atoms with Crippen molar-refractivity contribution in [1.29, 1.82) is 0 Å². The van der Waals surface area contributed by atoms with Gasteiger partial charge >= 0.3 is 5.51 Å². The largest absolute Gasteiger partial charge is 0.501 e. The van der Waals surface area contributed by atoms with Crippen LogP contribution in [0.15, 0.2) is 18.2 Å². The highest BCUT2D eigenvalue weighted by Gasteiger charge is 2.56. The highest BCUT2D eigenvalue weighted by molar-refractivity contribution is 7.92. The molecule has 1 aromatic rings. The van der Waals surface area contributed by atoms with Gasteiger partial charge in [-0.2, -0.15) is 13.2 Å². The first-order valence-corrected chi connectivity index (χ1v) is 9.66. The summed E-state index contributed by atoms with van der Waals surface area (Å²) >= 11 is 0. The highest BCUT2D eigenvalue weighted by atomic mass is 32.2. The fourth-order valence-corrected chi connectivity index (χ4v) is 4.25. The van der Waals surface area contributed by atoms with Crippen molar-refractivity contribution in [3.8, 4) is 5.75 Å². The van der Waals surface area contributed by atoms with E-state index in [9.17, 15) is 26.0 Å². The van der Waals surface area contributed by atoms with E-state index >= 15 is 0 Å². The number of sulfone groups is 1. The summed E-state index contributed by atoms with van der Waals surface area (Å²) in [6.45, 7) is 4.56. The molecule has 0 amide bonds. The number of nitrogens with zero attached hydrogens (tertiary/aromatic N) is 1. The standard InChI is InChI=1S/C16H21F4NO3S/c1-3-8-21(9-4-2)13-10-11-6-5-7-12(17)14(11)24-15(13)25(22,23)16(18,19)20/h5-7,13,15H,3-4,8-10H2,1-2H3/t13?,15-/m1/s1. The minimum Gasteiger partial charge on any atom is -0.469 e. The molecule has 2 atom stereocenters. The lowest BCUT2D eigenvalue weighted by molar-refractivity contribution is -0.0500. The van der Waals surface area contributed by atoms with Gasteiger partial charge in [0, 0.05) is 0 Å². The zero-order valence-electron chi connectivity index (χ0n) is 14.0. The molecule has 0 fully saturated rings. The second-order valence-corrected chi connectivity index (χ2v) is 8.03.